The molecule has 0 aliphatic rings. The van der Waals surface area contributed by atoms with Gasteiger partial charge in [0.1, 0.15) is 5.75 Å². The van der Waals surface area contributed by atoms with Gasteiger partial charge in [0, 0.05) is 16.8 Å². The highest BCUT2D eigenvalue weighted by Gasteiger charge is 2.39. The van der Waals surface area contributed by atoms with Gasteiger partial charge in [-0.15, -0.1) is 0 Å². The maximum Gasteiger partial charge on any atom is 0.154 e. The molecule has 0 radical (unpaired) electrons. The Morgan fingerprint density at radius 2 is 1.95 bits per heavy atom. The summed E-state index contributed by atoms with van der Waals surface area (Å²) in [7, 11) is -1.84. The van der Waals surface area contributed by atoms with Gasteiger partial charge >= 0.3 is 0 Å². The maximum atomic E-state index is 11.9. The molecule has 19 heavy (non-hydrogen) atoms. The molecule has 0 spiro atoms. The standard InChI is InChI=1S/C12H17BrClNO3S/c1-12(2,19(4,16)17)11(15)8-5-7(14)6-9(13)10(8)18-3/h5-6,11H,15H2,1-4H3. The molecule has 0 fully saturated rings. The van der Waals surface area contributed by atoms with Crippen LogP contribution in [0.25, 0.3) is 0 Å². The van der Waals surface area contributed by atoms with Crippen molar-refractivity contribution in [2.45, 2.75) is 24.6 Å². The highest BCUT2D eigenvalue weighted by molar-refractivity contribution is 9.10. The van der Waals surface area contributed by atoms with Crippen LogP contribution in [0.3, 0.4) is 0 Å². The molecule has 0 bridgehead atoms. The Hall–Kier alpha value is -0.300. The van der Waals surface area contributed by atoms with Crippen molar-refractivity contribution < 1.29 is 13.2 Å². The summed E-state index contributed by atoms with van der Waals surface area (Å²) in [5, 5.41) is 0.461. The van der Waals surface area contributed by atoms with E-state index < -0.39 is 20.6 Å². The molecule has 108 valence electrons. The van der Waals surface area contributed by atoms with Gasteiger partial charge in [-0.1, -0.05) is 11.6 Å². The number of halogens is 2. The first-order valence-electron chi connectivity index (χ1n) is 5.50. The van der Waals surface area contributed by atoms with Gasteiger partial charge in [0.15, 0.2) is 9.84 Å². The van der Waals surface area contributed by atoms with E-state index in [-0.39, 0.29) is 0 Å². The summed E-state index contributed by atoms with van der Waals surface area (Å²) in [6, 6.07) is 2.54. The molecule has 1 atom stereocenters. The predicted octanol–water partition coefficient (Wildman–Crippen LogP) is 2.93. The molecule has 0 amide bonds. The van der Waals surface area contributed by atoms with Crippen molar-refractivity contribution in [1.29, 1.82) is 0 Å². The third kappa shape index (κ3) is 3.24. The van der Waals surface area contributed by atoms with Crippen LogP contribution < -0.4 is 10.5 Å². The lowest BCUT2D eigenvalue weighted by atomic mass is 9.95. The van der Waals surface area contributed by atoms with Crippen molar-refractivity contribution in [3.8, 4) is 5.75 Å². The fourth-order valence-corrected chi connectivity index (χ4v) is 3.22. The van der Waals surface area contributed by atoms with E-state index in [1.165, 1.54) is 13.4 Å². The van der Waals surface area contributed by atoms with Crippen molar-refractivity contribution in [2.75, 3.05) is 13.4 Å². The van der Waals surface area contributed by atoms with Crippen LogP contribution in [0.5, 0.6) is 5.75 Å². The van der Waals surface area contributed by atoms with Gasteiger partial charge in [-0.05, 0) is 41.9 Å². The highest BCUT2D eigenvalue weighted by atomic mass is 79.9. The van der Waals surface area contributed by atoms with E-state index in [1.54, 1.807) is 26.0 Å². The van der Waals surface area contributed by atoms with E-state index in [9.17, 15) is 8.42 Å². The van der Waals surface area contributed by atoms with Crippen LogP contribution in [0.4, 0.5) is 0 Å². The zero-order valence-electron chi connectivity index (χ0n) is 11.2. The topological polar surface area (TPSA) is 69.4 Å². The molecule has 0 aliphatic heterocycles. The van der Waals surface area contributed by atoms with E-state index in [4.69, 9.17) is 22.1 Å². The molecule has 1 unspecified atom stereocenters. The van der Waals surface area contributed by atoms with Crippen LogP contribution in [0.1, 0.15) is 25.5 Å². The number of ether oxygens (including phenoxy) is 1. The Morgan fingerprint density at radius 3 is 2.37 bits per heavy atom. The van der Waals surface area contributed by atoms with Gasteiger partial charge in [0.2, 0.25) is 0 Å². The predicted molar refractivity (Wildman–Crippen MR) is 81.6 cm³/mol. The third-order valence-corrected chi connectivity index (χ3v) is 6.25. The molecule has 0 aliphatic carbocycles. The average molecular weight is 371 g/mol. The SMILES string of the molecule is COc1c(Br)cc(Cl)cc1C(N)C(C)(C)S(C)(=O)=O. The molecule has 1 aromatic rings. The van der Waals surface area contributed by atoms with Gasteiger partial charge < -0.3 is 10.5 Å². The monoisotopic (exact) mass is 369 g/mol. The molecule has 1 rings (SSSR count). The minimum Gasteiger partial charge on any atom is -0.495 e. The average Bonchev–Trinajstić information content (AvgIpc) is 2.25. The first-order valence-corrected chi connectivity index (χ1v) is 8.56. The summed E-state index contributed by atoms with van der Waals surface area (Å²) >= 11 is 9.33. The Balaban J connectivity index is 3.46. The molecule has 0 saturated carbocycles. The lowest BCUT2D eigenvalue weighted by Gasteiger charge is -2.31. The number of hydrogen-bond donors (Lipinski definition) is 1. The lowest BCUT2D eigenvalue weighted by Crippen LogP contribution is -2.42. The second-order valence-electron chi connectivity index (χ2n) is 4.86. The second-order valence-corrected chi connectivity index (χ2v) is 8.75. The van der Waals surface area contributed by atoms with Gasteiger partial charge in [-0.25, -0.2) is 8.42 Å². The van der Waals surface area contributed by atoms with Gasteiger partial charge in [0.05, 0.1) is 22.4 Å². The first kappa shape index (κ1) is 16.8. The van der Waals surface area contributed by atoms with Crippen molar-refractivity contribution in [2.24, 2.45) is 5.73 Å². The molecular formula is C12H17BrClNO3S. The second kappa shape index (κ2) is 5.60. The fourth-order valence-electron chi connectivity index (χ4n) is 1.63. The normalized spacial score (nSPS) is 14.3. The fraction of sp³-hybridized carbons (Fsp3) is 0.500. The van der Waals surface area contributed by atoms with E-state index in [2.05, 4.69) is 15.9 Å². The molecule has 0 heterocycles. The zero-order chi connectivity index (χ0) is 15.0. The van der Waals surface area contributed by atoms with Crippen molar-refractivity contribution in [3.05, 3.63) is 27.2 Å². The Kier molecular flexibility index (Phi) is 4.93. The Bertz CT molecular complexity index is 587. The minimum absolute atomic E-state index is 0.461. The summed E-state index contributed by atoms with van der Waals surface area (Å²) in [6.45, 7) is 3.17. The molecule has 0 saturated heterocycles. The van der Waals surface area contributed by atoms with Crippen LogP contribution in [0.2, 0.25) is 5.02 Å². The quantitative estimate of drug-likeness (QED) is 0.884. The van der Waals surface area contributed by atoms with Crippen LogP contribution in [-0.2, 0) is 9.84 Å². The third-order valence-electron chi connectivity index (χ3n) is 3.28. The minimum atomic E-state index is -3.34. The largest absolute Gasteiger partial charge is 0.495 e. The van der Waals surface area contributed by atoms with Gasteiger partial charge in [-0.2, -0.15) is 0 Å². The number of sulfone groups is 1. The van der Waals surface area contributed by atoms with E-state index in [0.29, 0.717) is 20.8 Å². The number of nitrogens with two attached hydrogens (primary N) is 1. The summed E-state index contributed by atoms with van der Waals surface area (Å²) < 4.78 is 28.5. The summed E-state index contributed by atoms with van der Waals surface area (Å²) in [5.41, 5.74) is 6.69. The Morgan fingerprint density at radius 1 is 1.42 bits per heavy atom. The summed E-state index contributed by atoms with van der Waals surface area (Å²) in [6.07, 6.45) is 1.17. The number of hydrogen-bond acceptors (Lipinski definition) is 4. The van der Waals surface area contributed by atoms with Gasteiger partial charge in [0.25, 0.3) is 0 Å². The van der Waals surface area contributed by atoms with Crippen molar-refractivity contribution in [1.82, 2.24) is 0 Å². The Labute approximate surface area is 127 Å². The van der Waals surface area contributed by atoms with E-state index in [1.807, 2.05) is 0 Å². The highest BCUT2D eigenvalue weighted by Crippen LogP contribution is 2.40. The molecule has 2 N–H and O–H groups in total. The van der Waals surface area contributed by atoms with Crippen LogP contribution in [-0.4, -0.2) is 26.5 Å². The van der Waals surface area contributed by atoms with Crippen LogP contribution in [0.15, 0.2) is 16.6 Å². The molecule has 0 aromatic heterocycles. The van der Waals surface area contributed by atoms with E-state index >= 15 is 0 Å². The number of benzene rings is 1. The molecule has 4 nitrogen and oxygen atoms in total. The summed E-state index contributed by atoms with van der Waals surface area (Å²) in [5.74, 6) is 0.494. The smallest absolute Gasteiger partial charge is 0.154 e. The first-order chi connectivity index (χ1) is 8.52. The van der Waals surface area contributed by atoms with Gasteiger partial charge in [-0.3, -0.25) is 0 Å². The van der Waals surface area contributed by atoms with Crippen molar-refractivity contribution >= 4 is 37.4 Å². The molecular weight excluding hydrogens is 354 g/mol. The number of methoxy groups -OCH3 is 1. The number of rotatable bonds is 4. The molecule has 7 heteroatoms. The van der Waals surface area contributed by atoms with Crippen molar-refractivity contribution in [3.63, 3.8) is 0 Å². The van der Waals surface area contributed by atoms with Crippen LogP contribution in [0, 0.1) is 0 Å². The zero-order valence-corrected chi connectivity index (χ0v) is 14.4. The van der Waals surface area contributed by atoms with Crippen LogP contribution >= 0.6 is 27.5 Å². The lowest BCUT2D eigenvalue weighted by molar-refractivity contribution is 0.395. The maximum absolute atomic E-state index is 11.9. The van der Waals surface area contributed by atoms with E-state index in [0.717, 1.165) is 0 Å². The summed E-state index contributed by atoms with van der Waals surface area (Å²) in [4.78, 5) is 0. The molecule has 1 aromatic carbocycles.